The van der Waals surface area contributed by atoms with E-state index in [9.17, 15) is 4.79 Å². The van der Waals surface area contributed by atoms with Gasteiger partial charge in [0.25, 0.3) is 0 Å². The normalized spacial score (nSPS) is 12.7. The molecule has 0 saturated carbocycles. The predicted octanol–water partition coefficient (Wildman–Crippen LogP) is 10.7. The zero-order chi connectivity index (χ0) is 27.9. The van der Waals surface area contributed by atoms with Crippen molar-refractivity contribution in [1.82, 2.24) is 0 Å². The summed E-state index contributed by atoms with van der Waals surface area (Å²) in [5.74, 6) is 0.848. The molecule has 0 amide bonds. The van der Waals surface area contributed by atoms with Crippen molar-refractivity contribution in [3.63, 3.8) is 0 Å². The topological polar surface area (TPSA) is 35.5 Å². The van der Waals surface area contributed by atoms with Gasteiger partial charge in [-0.2, -0.15) is 0 Å². The molecule has 210 valence electrons. The Labute approximate surface area is 237 Å². The van der Waals surface area contributed by atoms with Crippen LogP contribution in [0.1, 0.15) is 125 Å². The molecule has 0 aromatic heterocycles. The van der Waals surface area contributed by atoms with Crippen LogP contribution in [0.25, 0.3) is 11.1 Å². The van der Waals surface area contributed by atoms with E-state index in [2.05, 4.69) is 64.1 Å². The summed E-state index contributed by atoms with van der Waals surface area (Å²) in [6.07, 6.45) is 12.7. The molecule has 0 aliphatic carbocycles. The first-order valence-electron chi connectivity index (χ1n) is 15.2. The molecule has 3 heteroatoms. The van der Waals surface area contributed by atoms with Crippen LogP contribution in [0.15, 0.2) is 72.8 Å². The molecule has 0 N–H and O–H groups in total. The van der Waals surface area contributed by atoms with Crippen molar-refractivity contribution in [2.24, 2.45) is 0 Å². The fourth-order valence-corrected chi connectivity index (χ4v) is 5.11. The van der Waals surface area contributed by atoms with Gasteiger partial charge >= 0.3 is 5.97 Å². The fourth-order valence-electron chi connectivity index (χ4n) is 5.11. The molecule has 2 atom stereocenters. The summed E-state index contributed by atoms with van der Waals surface area (Å²) < 4.78 is 11.5. The van der Waals surface area contributed by atoms with Gasteiger partial charge in [0, 0.05) is 6.61 Å². The van der Waals surface area contributed by atoms with E-state index in [4.69, 9.17) is 9.47 Å². The summed E-state index contributed by atoms with van der Waals surface area (Å²) in [7, 11) is 0. The van der Waals surface area contributed by atoms with E-state index in [1.807, 2.05) is 36.4 Å². The van der Waals surface area contributed by atoms with Gasteiger partial charge < -0.3 is 9.47 Å². The lowest BCUT2D eigenvalue weighted by molar-refractivity contribution is 0.0662. The number of ether oxygens (including phenoxy) is 2. The number of hydrogen-bond donors (Lipinski definition) is 0. The number of benzene rings is 3. The Balaban J connectivity index is 1.54. The summed E-state index contributed by atoms with van der Waals surface area (Å²) in [6, 6.07) is 24.2. The van der Waals surface area contributed by atoms with Crippen LogP contribution in [0.3, 0.4) is 0 Å². The molecular weight excluding hydrogens is 480 g/mol. The lowest BCUT2D eigenvalue weighted by Gasteiger charge is -2.17. The van der Waals surface area contributed by atoms with Crippen molar-refractivity contribution in [3.8, 4) is 16.9 Å². The van der Waals surface area contributed by atoms with E-state index in [1.54, 1.807) is 0 Å². The highest BCUT2D eigenvalue weighted by Gasteiger charge is 2.13. The van der Waals surface area contributed by atoms with Gasteiger partial charge in [0.05, 0.1) is 11.7 Å². The second-order valence-electron chi connectivity index (χ2n) is 10.7. The molecule has 3 aromatic rings. The minimum absolute atomic E-state index is 0.0862. The Kier molecular flexibility index (Phi) is 13.3. The standard InChI is InChI=1S/C36H48O3/c1-5-8-9-10-11-12-14-30(13-6-2)33-23-25-35(26-24-33)39-36(37)34-21-19-32(20-22-34)31-17-15-29(16-18-31)28(4)38-27-7-3/h15-26,28,30H,5-14,27H2,1-4H3. The lowest BCUT2D eigenvalue weighted by Crippen LogP contribution is -2.08. The molecule has 39 heavy (non-hydrogen) atoms. The first kappa shape index (κ1) is 30.6. The van der Waals surface area contributed by atoms with Crippen molar-refractivity contribution < 1.29 is 14.3 Å². The molecular formula is C36H48O3. The van der Waals surface area contributed by atoms with Gasteiger partial charge in [-0.1, -0.05) is 114 Å². The van der Waals surface area contributed by atoms with Crippen LogP contribution in [0.4, 0.5) is 0 Å². The van der Waals surface area contributed by atoms with Crippen molar-refractivity contribution in [2.45, 2.75) is 104 Å². The minimum Gasteiger partial charge on any atom is -0.423 e. The number of carbonyl (C=O) groups excluding carboxylic acids is 1. The highest BCUT2D eigenvalue weighted by Crippen LogP contribution is 2.29. The predicted molar refractivity (Wildman–Crippen MR) is 164 cm³/mol. The van der Waals surface area contributed by atoms with Gasteiger partial charge in [0.2, 0.25) is 0 Å². The quantitative estimate of drug-likeness (QED) is 0.0993. The average Bonchev–Trinajstić information content (AvgIpc) is 2.97. The summed E-state index contributed by atoms with van der Waals surface area (Å²) in [5.41, 5.74) is 5.25. The van der Waals surface area contributed by atoms with Crippen LogP contribution in [0, 0.1) is 0 Å². The molecule has 0 fully saturated rings. The first-order valence-corrected chi connectivity index (χ1v) is 15.2. The van der Waals surface area contributed by atoms with Crippen molar-refractivity contribution in [2.75, 3.05) is 6.61 Å². The largest absolute Gasteiger partial charge is 0.423 e. The van der Waals surface area contributed by atoms with Crippen molar-refractivity contribution in [1.29, 1.82) is 0 Å². The van der Waals surface area contributed by atoms with Gasteiger partial charge in [-0.25, -0.2) is 4.79 Å². The number of unbranched alkanes of at least 4 members (excludes halogenated alkanes) is 5. The molecule has 2 unspecified atom stereocenters. The zero-order valence-corrected chi connectivity index (χ0v) is 24.6. The maximum absolute atomic E-state index is 12.8. The fraction of sp³-hybridized carbons (Fsp3) is 0.472. The highest BCUT2D eigenvalue weighted by atomic mass is 16.5. The molecule has 3 aromatic carbocycles. The number of hydrogen-bond acceptors (Lipinski definition) is 3. The van der Waals surface area contributed by atoms with E-state index in [0.717, 1.165) is 24.2 Å². The van der Waals surface area contributed by atoms with E-state index >= 15 is 0 Å². The minimum atomic E-state index is -0.330. The van der Waals surface area contributed by atoms with Gasteiger partial charge in [0.15, 0.2) is 0 Å². The zero-order valence-electron chi connectivity index (χ0n) is 24.6. The van der Waals surface area contributed by atoms with Crippen molar-refractivity contribution >= 4 is 5.97 Å². The maximum Gasteiger partial charge on any atom is 0.343 e. The summed E-state index contributed by atoms with van der Waals surface area (Å²) in [5, 5.41) is 0. The average molecular weight is 529 g/mol. The van der Waals surface area contributed by atoms with Gasteiger partial charge in [-0.05, 0) is 78.6 Å². The number of carbonyl (C=O) groups is 1. The molecule has 0 bridgehead atoms. The van der Waals surface area contributed by atoms with Gasteiger partial charge in [-0.3, -0.25) is 0 Å². The molecule has 0 aliphatic rings. The van der Waals surface area contributed by atoms with E-state index in [1.165, 1.54) is 68.9 Å². The summed E-state index contributed by atoms with van der Waals surface area (Å²) in [4.78, 5) is 12.8. The maximum atomic E-state index is 12.8. The second-order valence-corrected chi connectivity index (χ2v) is 10.7. The van der Waals surface area contributed by atoms with E-state index < -0.39 is 0 Å². The van der Waals surface area contributed by atoms with Gasteiger partial charge in [-0.15, -0.1) is 0 Å². The molecule has 0 radical (unpaired) electrons. The molecule has 0 heterocycles. The van der Waals surface area contributed by atoms with Crippen molar-refractivity contribution in [3.05, 3.63) is 89.5 Å². The van der Waals surface area contributed by atoms with Crippen LogP contribution in [-0.2, 0) is 4.74 Å². The second kappa shape index (κ2) is 16.9. The van der Waals surface area contributed by atoms with E-state index in [0.29, 0.717) is 17.2 Å². The Hall–Kier alpha value is -2.91. The number of rotatable bonds is 17. The Morgan fingerprint density at radius 2 is 1.23 bits per heavy atom. The highest BCUT2D eigenvalue weighted by molar-refractivity contribution is 5.91. The van der Waals surface area contributed by atoms with E-state index in [-0.39, 0.29) is 12.1 Å². The van der Waals surface area contributed by atoms with Gasteiger partial charge in [0.1, 0.15) is 5.75 Å². The third-order valence-corrected chi connectivity index (χ3v) is 7.51. The Morgan fingerprint density at radius 3 is 1.85 bits per heavy atom. The smallest absolute Gasteiger partial charge is 0.343 e. The molecule has 3 nitrogen and oxygen atoms in total. The summed E-state index contributed by atoms with van der Waals surface area (Å²) in [6.45, 7) is 9.49. The van der Waals surface area contributed by atoms with Crippen LogP contribution < -0.4 is 4.74 Å². The summed E-state index contributed by atoms with van der Waals surface area (Å²) >= 11 is 0. The molecule has 0 aliphatic heterocycles. The monoisotopic (exact) mass is 528 g/mol. The number of esters is 1. The molecule has 3 rings (SSSR count). The third-order valence-electron chi connectivity index (χ3n) is 7.51. The first-order chi connectivity index (χ1) is 19.0. The van der Waals surface area contributed by atoms with Crippen LogP contribution in [0.5, 0.6) is 5.75 Å². The third kappa shape index (κ3) is 9.97. The Bertz CT molecular complexity index is 1080. The lowest BCUT2D eigenvalue weighted by atomic mass is 9.89. The van der Waals surface area contributed by atoms with Crippen LogP contribution >= 0.6 is 0 Å². The SMILES string of the molecule is CCCCCCCCC(CCC)c1ccc(OC(=O)c2ccc(-c3ccc(C(C)OCCC)cc3)cc2)cc1. The van der Waals surface area contributed by atoms with Crippen LogP contribution in [-0.4, -0.2) is 12.6 Å². The molecule has 0 spiro atoms. The Morgan fingerprint density at radius 1 is 0.641 bits per heavy atom. The molecule has 0 saturated heterocycles. The van der Waals surface area contributed by atoms with Crippen LogP contribution in [0.2, 0.25) is 0 Å².